The summed E-state index contributed by atoms with van der Waals surface area (Å²) in [7, 11) is 0. The van der Waals surface area contributed by atoms with Gasteiger partial charge in [0, 0.05) is 23.9 Å². The Morgan fingerprint density at radius 2 is 2.00 bits per heavy atom. The quantitative estimate of drug-likeness (QED) is 0.647. The van der Waals surface area contributed by atoms with E-state index in [4.69, 9.17) is 0 Å². The van der Waals surface area contributed by atoms with Crippen molar-refractivity contribution in [3.05, 3.63) is 22.4 Å². The number of carbonyl (C=O) groups excluding carboxylic acids is 2. The van der Waals surface area contributed by atoms with E-state index < -0.39 is 11.5 Å². The molecule has 8 heteroatoms. The molecule has 23 heavy (non-hydrogen) atoms. The van der Waals surface area contributed by atoms with E-state index in [0.717, 1.165) is 11.5 Å². The van der Waals surface area contributed by atoms with Crippen LogP contribution in [0.2, 0.25) is 0 Å². The van der Waals surface area contributed by atoms with Crippen LogP contribution >= 0.6 is 23.1 Å². The van der Waals surface area contributed by atoms with E-state index in [1.165, 1.54) is 11.3 Å². The number of carboxylic acids is 1. The van der Waals surface area contributed by atoms with E-state index in [0.29, 0.717) is 31.4 Å². The number of aliphatic carboxylic acids is 1. The number of nitrogens with one attached hydrogen (secondary N) is 2. The zero-order valence-electron chi connectivity index (χ0n) is 12.7. The molecule has 1 aromatic rings. The molecule has 2 heterocycles. The van der Waals surface area contributed by atoms with E-state index >= 15 is 0 Å². The predicted octanol–water partition coefficient (Wildman–Crippen LogP) is 1.72. The second-order valence-electron chi connectivity index (χ2n) is 5.42. The van der Waals surface area contributed by atoms with Crippen LogP contribution in [0.5, 0.6) is 0 Å². The number of carbonyl (C=O) groups is 3. The number of hydrogen-bond donors (Lipinski definition) is 3. The standard InChI is InChI=1S/C15H20N2O4S2/c18-12(17-15(14(20)21)4-8-22-9-5-15)2-1-6-16-13(19)11-3-7-23-10-11/h3,7,10H,1-2,4-6,8-9H2,(H,16,19)(H,17,18)(H,20,21). The highest BCUT2D eigenvalue weighted by molar-refractivity contribution is 7.99. The van der Waals surface area contributed by atoms with Gasteiger partial charge in [-0.05, 0) is 42.2 Å². The fraction of sp³-hybridized carbons (Fsp3) is 0.533. The number of thiophene rings is 1. The van der Waals surface area contributed by atoms with Crippen LogP contribution in [0.1, 0.15) is 36.0 Å². The highest BCUT2D eigenvalue weighted by Crippen LogP contribution is 2.27. The van der Waals surface area contributed by atoms with Gasteiger partial charge in [0.25, 0.3) is 5.91 Å². The largest absolute Gasteiger partial charge is 0.480 e. The van der Waals surface area contributed by atoms with Crippen LogP contribution in [0, 0.1) is 0 Å². The van der Waals surface area contributed by atoms with Gasteiger partial charge in [0.1, 0.15) is 5.54 Å². The first-order chi connectivity index (χ1) is 11.0. The Labute approximate surface area is 143 Å². The van der Waals surface area contributed by atoms with Gasteiger partial charge in [0.05, 0.1) is 0 Å². The molecule has 6 nitrogen and oxygen atoms in total. The third-order valence-electron chi connectivity index (χ3n) is 3.78. The normalized spacial score (nSPS) is 16.5. The summed E-state index contributed by atoms with van der Waals surface area (Å²) in [6, 6.07) is 1.74. The van der Waals surface area contributed by atoms with Crippen molar-refractivity contribution in [2.75, 3.05) is 18.1 Å². The minimum atomic E-state index is -1.12. The molecular weight excluding hydrogens is 336 g/mol. The van der Waals surface area contributed by atoms with Gasteiger partial charge in [0.15, 0.2) is 0 Å². The van der Waals surface area contributed by atoms with Gasteiger partial charge in [-0.1, -0.05) is 0 Å². The second-order valence-corrected chi connectivity index (χ2v) is 7.42. The van der Waals surface area contributed by atoms with Crippen LogP contribution in [0.4, 0.5) is 0 Å². The maximum atomic E-state index is 12.0. The summed E-state index contributed by atoms with van der Waals surface area (Å²) in [5, 5.41) is 18.4. The molecule has 126 valence electrons. The topological polar surface area (TPSA) is 95.5 Å². The highest BCUT2D eigenvalue weighted by atomic mass is 32.2. The third kappa shape index (κ3) is 4.97. The summed E-state index contributed by atoms with van der Waals surface area (Å²) in [6.45, 7) is 0.387. The Morgan fingerprint density at radius 1 is 1.26 bits per heavy atom. The smallest absolute Gasteiger partial charge is 0.329 e. The average molecular weight is 356 g/mol. The first-order valence-electron chi connectivity index (χ1n) is 7.46. The lowest BCUT2D eigenvalue weighted by molar-refractivity contribution is -0.148. The number of thioether (sulfide) groups is 1. The average Bonchev–Trinajstić information content (AvgIpc) is 3.06. The van der Waals surface area contributed by atoms with E-state index in [1.54, 1.807) is 23.2 Å². The number of hydrogen-bond acceptors (Lipinski definition) is 5. The molecule has 1 aliphatic heterocycles. The molecule has 0 atom stereocenters. The van der Waals surface area contributed by atoms with Crippen LogP contribution in [0.3, 0.4) is 0 Å². The van der Waals surface area contributed by atoms with Crippen LogP contribution in [0.25, 0.3) is 0 Å². The molecule has 3 N–H and O–H groups in total. The molecule has 1 aliphatic rings. The van der Waals surface area contributed by atoms with Crippen molar-refractivity contribution in [2.45, 2.75) is 31.2 Å². The Hall–Kier alpha value is -1.54. The molecule has 1 saturated heterocycles. The first kappa shape index (κ1) is 17.8. The summed E-state index contributed by atoms with van der Waals surface area (Å²) in [4.78, 5) is 35.2. The van der Waals surface area contributed by atoms with E-state index in [9.17, 15) is 19.5 Å². The Kier molecular flexibility index (Phi) is 6.47. The van der Waals surface area contributed by atoms with Gasteiger partial charge in [0.2, 0.25) is 5.91 Å². The number of rotatable bonds is 7. The minimum absolute atomic E-state index is 0.155. The molecule has 0 aromatic carbocycles. The fourth-order valence-electron chi connectivity index (χ4n) is 2.39. The van der Waals surface area contributed by atoms with Crippen molar-refractivity contribution < 1.29 is 19.5 Å². The number of carboxylic acid groups (broad SMARTS) is 1. The summed E-state index contributed by atoms with van der Waals surface area (Å²) < 4.78 is 0. The Morgan fingerprint density at radius 3 is 2.61 bits per heavy atom. The zero-order valence-corrected chi connectivity index (χ0v) is 14.3. The second kappa shape index (κ2) is 8.35. The predicted molar refractivity (Wildman–Crippen MR) is 91.0 cm³/mol. The first-order valence-corrected chi connectivity index (χ1v) is 9.56. The van der Waals surface area contributed by atoms with Crippen LogP contribution < -0.4 is 10.6 Å². The van der Waals surface area contributed by atoms with Gasteiger partial charge in [-0.2, -0.15) is 23.1 Å². The van der Waals surface area contributed by atoms with Crippen LogP contribution in [0.15, 0.2) is 16.8 Å². The molecule has 2 rings (SSSR count). The van der Waals surface area contributed by atoms with Gasteiger partial charge >= 0.3 is 5.97 Å². The van der Waals surface area contributed by atoms with Crippen molar-refractivity contribution in [1.82, 2.24) is 10.6 Å². The van der Waals surface area contributed by atoms with E-state index in [2.05, 4.69) is 10.6 Å². The fourth-order valence-corrected chi connectivity index (χ4v) is 4.21. The maximum absolute atomic E-state index is 12.0. The van der Waals surface area contributed by atoms with E-state index in [1.807, 2.05) is 5.38 Å². The molecule has 1 fully saturated rings. The van der Waals surface area contributed by atoms with Gasteiger partial charge < -0.3 is 15.7 Å². The maximum Gasteiger partial charge on any atom is 0.329 e. The van der Waals surface area contributed by atoms with E-state index in [-0.39, 0.29) is 18.2 Å². The molecule has 2 amide bonds. The lowest BCUT2D eigenvalue weighted by atomic mass is 9.92. The lowest BCUT2D eigenvalue weighted by Crippen LogP contribution is -2.56. The molecular formula is C15H20N2O4S2. The Bertz CT molecular complexity index is 554. The molecule has 0 spiro atoms. The highest BCUT2D eigenvalue weighted by Gasteiger charge is 2.40. The van der Waals surface area contributed by atoms with Gasteiger partial charge in [-0.15, -0.1) is 0 Å². The third-order valence-corrected chi connectivity index (χ3v) is 5.45. The summed E-state index contributed by atoms with van der Waals surface area (Å²) in [5.74, 6) is 0.0889. The monoisotopic (exact) mass is 356 g/mol. The van der Waals surface area contributed by atoms with Gasteiger partial charge in [-0.25, -0.2) is 4.79 Å². The van der Waals surface area contributed by atoms with Crippen LogP contribution in [-0.2, 0) is 9.59 Å². The summed E-state index contributed by atoms with van der Waals surface area (Å²) in [5.41, 5.74) is -0.508. The summed E-state index contributed by atoms with van der Waals surface area (Å²) in [6.07, 6.45) is 1.58. The molecule has 1 aromatic heterocycles. The SMILES string of the molecule is O=C(CCCNC(=O)c1ccsc1)NC1(C(=O)O)CCSCC1. The lowest BCUT2D eigenvalue weighted by Gasteiger charge is -2.33. The number of amides is 2. The molecule has 0 saturated carbocycles. The Balaban J connectivity index is 1.72. The van der Waals surface area contributed by atoms with Crippen molar-refractivity contribution in [2.24, 2.45) is 0 Å². The molecule has 0 radical (unpaired) electrons. The zero-order chi connectivity index (χ0) is 16.7. The van der Waals surface area contributed by atoms with Crippen molar-refractivity contribution in [1.29, 1.82) is 0 Å². The molecule has 0 unspecified atom stereocenters. The van der Waals surface area contributed by atoms with Crippen molar-refractivity contribution in [3.63, 3.8) is 0 Å². The minimum Gasteiger partial charge on any atom is -0.480 e. The van der Waals surface area contributed by atoms with Crippen molar-refractivity contribution in [3.8, 4) is 0 Å². The van der Waals surface area contributed by atoms with Crippen LogP contribution in [-0.4, -0.2) is 46.5 Å². The summed E-state index contributed by atoms with van der Waals surface area (Å²) >= 11 is 3.16. The molecule has 0 aliphatic carbocycles. The molecule has 0 bridgehead atoms. The van der Waals surface area contributed by atoms with Crippen molar-refractivity contribution >= 4 is 40.9 Å². The van der Waals surface area contributed by atoms with Gasteiger partial charge in [-0.3, -0.25) is 9.59 Å².